The molecule has 5 fully saturated rings. The molecule has 0 radical (unpaired) electrons. The van der Waals surface area contributed by atoms with Crippen molar-refractivity contribution >= 4 is 49.7 Å². The quantitative estimate of drug-likeness (QED) is 0.0527. The molecule has 2 atom stereocenters. The van der Waals surface area contributed by atoms with Gasteiger partial charge in [0, 0.05) is 106 Å². The van der Waals surface area contributed by atoms with Gasteiger partial charge in [-0.1, -0.05) is 38.1 Å². The number of nitro groups is 1. The summed E-state index contributed by atoms with van der Waals surface area (Å²) < 4.78 is 41.9. The summed E-state index contributed by atoms with van der Waals surface area (Å²) in [7, 11) is -2.88. The van der Waals surface area contributed by atoms with E-state index in [1.165, 1.54) is 41.8 Å². The molecule has 2 aromatic heterocycles. The number of benzene rings is 4. The smallest absolute Gasteiger partial charge is 0.293 e. The molecule has 1 spiro atoms. The number of methoxy groups -OCH3 is 1. The predicted octanol–water partition coefficient (Wildman–Crippen LogP) is 10.6. The van der Waals surface area contributed by atoms with E-state index in [9.17, 15) is 28.4 Å². The van der Waals surface area contributed by atoms with Gasteiger partial charge in [-0.2, -0.15) is 0 Å². The molecule has 6 aromatic rings. The van der Waals surface area contributed by atoms with Gasteiger partial charge >= 0.3 is 0 Å². The second-order valence-electron chi connectivity index (χ2n) is 23.6. The lowest BCUT2D eigenvalue weighted by atomic mass is 9.59. The first kappa shape index (κ1) is 54.2. The lowest BCUT2D eigenvalue weighted by molar-refractivity contribution is -0.384. The Kier molecular flexibility index (Phi) is 15.4. The molecule has 3 saturated heterocycles. The van der Waals surface area contributed by atoms with Crippen molar-refractivity contribution in [3.8, 4) is 17.2 Å². The first-order valence-electron chi connectivity index (χ1n) is 28.3. The lowest BCUT2D eigenvalue weighted by Gasteiger charge is -2.59. The van der Waals surface area contributed by atoms with Gasteiger partial charge in [0.15, 0.2) is 0 Å². The molecule has 5 aliphatic rings. The summed E-state index contributed by atoms with van der Waals surface area (Å²) in [5.41, 5.74) is 4.91. The molecule has 18 heteroatoms. The first-order valence-corrected chi connectivity index (χ1v) is 29.8. The summed E-state index contributed by atoms with van der Waals surface area (Å²) >= 11 is 0. The summed E-state index contributed by atoms with van der Waals surface area (Å²) in [6.45, 7) is 13.7. The number of H-pyrrole nitrogens is 1. The van der Waals surface area contributed by atoms with Crippen LogP contribution in [0.15, 0.2) is 114 Å². The molecule has 4 aromatic carbocycles. The zero-order valence-corrected chi connectivity index (χ0v) is 46.7. The number of aromatic nitrogens is 2. The van der Waals surface area contributed by atoms with Gasteiger partial charge in [0.1, 0.15) is 28.6 Å². The van der Waals surface area contributed by atoms with Crippen molar-refractivity contribution in [1.82, 2.24) is 24.5 Å². The maximum atomic E-state index is 14.2. The number of nitro benzene ring substituents is 1. The molecule has 5 heterocycles. The molecule has 418 valence electrons. The van der Waals surface area contributed by atoms with Crippen LogP contribution in [-0.2, 0) is 10.0 Å². The van der Waals surface area contributed by atoms with Gasteiger partial charge in [-0.25, -0.2) is 18.1 Å². The highest BCUT2D eigenvalue weighted by Gasteiger charge is 2.50. The summed E-state index contributed by atoms with van der Waals surface area (Å²) in [4.78, 5) is 43.5. The monoisotopic (exact) mass is 1090 g/mol. The molecule has 2 unspecified atom stereocenters. The molecule has 17 nitrogen and oxygen atoms in total. The molecular formula is C61H75N9O8S. The molecule has 2 saturated carbocycles. The molecule has 2 aliphatic carbocycles. The van der Waals surface area contributed by atoms with E-state index in [0.717, 1.165) is 107 Å². The average molecular weight is 1090 g/mol. The third kappa shape index (κ3) is 11.8. The van der Waals surface area contributed by atoms with E-state index >= 15 is 0 Å². The predicted molar refractivity (Wildman–Crippen MR) is 308 cm³/mol. The normalized spacial score (nSPS) is 23.1. The molecule has 0 bridgehead atoms. The van der Waals surface area contributed by atoms with Crippen LogP contribution in [0.1, 0.15) is 118 Å². The fourth-order valence-electron chi connectivity index (χ4n) is 13.4. The number of hydrogen-bond donors (Lipinski definition) is 4. The number of amides is 1. The Morgan fingerprint density at radius 1 is 0.861 bits per heavy atom. The van der Waals surface area contributed by atoms with E-state index in [1.54, 1.807) is 37.7 Å². The Morgan fingerprint density at radius 3 is 2.37 bits per heavy atom. The highest BCUT2D eigenvalue weighted by molar-refractivity contribution is 7.90. The number of aromatic amines is 1. The van der Waals surface area contributed by atoms with Crippen molar-refractivity contribution in [2.75, 3.05) is 74.6 Å². The van der Waals surface area contributed by atoms with E-state index in [-0.39, 0.29) is 28.3 Å². The minimum atomic E-state index is -4.59. The maximum absolute atomic E-state index is 14.2. The SMILES string of the molecule is COc1ccc(N2CCCC(N3CCN(C4CC5(CCN(c6ccc(C(=O)NS(=O)(=O)c7ccc(NCC8CCC(C)(O)CC8)c([N+](=O)[O-])c7)c(Oc7cnc8[nH]ccc8c7)c6)CC5)C4)C(c4ccccc4C(C)C)C3)C2)cc1. The topological polar surface area (TPSA) is 199 Å². The Bertz CT molecular complexity index is 3270. The van der Waals surface area contributed by atoms with Gasteiger partial charge in [0.25, 0.3) is 21.6 Å². The van der Waals surface area contributed by atoms with Gasteiger partial charge in [0.05, 0.1) is 34.3 Å². The van der Waals surface area contributed by atoms with Crippen LogP contribution in [0, 0.1) is 21.4 Å². The molecular weight excluding hydrogens is 1020 g/mol. The molecule has 79 heavy (non-hydrogen) atoms. The van der Waals surface area contributed by atoms with Crippen LogP contribution in [-0.4, -0.2) is 121 Å². The fraction of sp³-hybridized carbons (Fsp3) is 0.475. The lowest BCUT2D eigenvalue weighted by Crippen LogP contribution is -2.62. The van der Waals surface area contributed by atoms with Crippen molar-refractivity contribution in [2.45, 2.75) is 120 Å². The number of hydrogen-bond acceptors (Lipinski definition) is 14. The zero-order chi connectivity index (χ0) is 55.1. The summed E-state index contributed by atoms with van der Waals surface area (Å²) in [5, 5.41) is 26.6. The minimum absolute atomic E-state index is 0.0252. The largest absolute Gasteiger partial charge is 0.497 e. The van der Waals surface area contributed by atoms with Crippen molar-refractivity contribution in [2.24, 2.45) is 11.3 Å². The Balaban J connectivity index is 0.773. The van der Waals surface area contributed by atoms with Gasteiger partial charge in [-0.15, -0.1) is 0 Å². The number of nitrogens with one attached hydrogen (secondary N) is 3. The summed E-state index contributed by atoms with van der Waals surface area (Å²) in [5.74, 6) is 1.06. The highest BCUT2D eigenvalue weighted by atomic mass is 32.2. The Labute approximate surface area is 463 Å². The van der Waals surface area contributed by atoms with Crippen LogP contribution < -0.4 is 29.3 Å². The minimum Gasteiger partial charge on any atom is -0.497 e. The number of carbonyl (C=O) groups is 1. The fourth-order valence-corrected chi connectivity index (χ4v) is 14.3. The average Bonchev–Trinajstić information content (AvgIpc) is 4.11. The molecule has 4 N–H and O–H groups in total. The number of sulfonamides is 1. The third-order valence-electron chi connectivity index (χ3n) is 18.1. The van der Waals surface area contributed by atoms with Crippen LogP contribution in [0.4, 0.5) is 22.7 Å². The zero-order valence-electron chi connectivity index (χ0n) is 45.9. The molecule has 1 amide bonds. The standard InChI is InChI=1S/C61H75N9O8S/c1-41(2)51-9-5-6-10-52(51)56-40-68(46-8-7-27-67(39-46)44-11-14-48(77-4)15-12-44)30-31-69(56)47-35-61(36-47)24-28-66(29-25-61)45-13-17-53(57(33-45)78-49-32-43-21-26-62-58(43)64-38-49)59(71)65-79(75,76)50-16-18-54(55(34-50)70(73)74)63-37-42-19-22-60(3,72)23-20-42/h5-6,9-18,21,26,32-34,38,41-42,46-47,56,63,72H,7-8,19-20,22-25,27-31,35-37,39-40H2,1-4H3,(H,62,64)(H,65,71). The van der Waals surface area contributed by atoms with Gasteiger partial charge in [-0.3, -0.25) is 24.7 Å². The van der Waals surface area contributed by atoms with Crippen LogP contribution in [0.25, 0.3) is 11.0 Å². The Morgan fingerprint density at radius 2 is 1.62 bits per heavy atom. The third-order valence-corrected chi connectivity index (χ3v) is 19.4. The summed E-state index contributed by atoms with van der Waals surface area (Å²) in [6, 6.07) is 31.4. The molecule has 11 rings (SSSR count). The van der Waals surface area contributed by atoms with Crippen molar-refractivity contribution in [1.29, 1.82) is 0 Å². The number of anilines is 3. The van der Waals surface area contributed by atoms with E-state index in [0.29, 0.717) is 54.8 Å². The van der Waals surface area contributed by atoms with Gasteiger partial charge < -0.3 is 34.7 Å². The van der Waals surface area contributed by atoms with Crippen LogP contribution >= 0.6 is 0 Å². The second-order valence-corrected chi connectivity index (χ2v) is 25.3. The number of carbonyl (C=O) groups excluding carboxylic acids is 1. The van der Waals surface area contributed by atoms with Gasteiger partial charge in [0.2, 0.25) is 0 Å². The maximum Gasteiger partial charge on any atom is 0.293 e. The second kappa shape index (κ2) is 22.4. The number of aliphatic hydroxyl groups is 1. The van der Waals surface area contributed by atoms with E-state index < -0.39 is 37.0 Å². The highest BCUT2D eigenvalue weighted by Crippen LogP contribution is 2.54. The van der Waals surface area contributed by atoms with Crippen molar-refractivity contribution < 1.29 is 32.7 Å². The van der Waals surface area contributed by atoms with E-state index in [2.05, 4.69) is 102 Å². The van der Waals surface area contributed by atoms with E-state index in [4.69, 9.17) is 9.47 Å². The van der Waals surface area contributed by atoms with Gasteiger partial charge in [-0.05, 0) is 160 Å². The van der Waals surface area contributed by atoms with Crippen LogP contribution in [0.5, 0.6) is 17.2 Å². The Hall–Kier alpha value is -6.73. The van der Waals surface area contributed by atoms with Crippen LogP contribution in [0.2, 0.25) is 0 Å². The van der Waals surface area contributed by atoms with E-state index in [1.807, 2.05) is 19.1 Å². The number of nitrogens with zero attached hydrogens (tertiary/aromatic N) is 6. The number of rotatable bonds is 16. The van der Waals surface area contributed by atoms with Crippen LogP contribution in [0.3, 0.4) is 0 Å². The number of piperidine rings is 2. The van der Waals surface area contributed by atoms with Crippen molar-refractivity contribution in [3.05, 3.63) is 136 Å². The summed E-state index contributed by atoms with van der Waals surface area (Å²) in [6.07, 6.45) is 12.8. The number of fused-ring (bicyclic) bond motifs is 1. The molecule has 3 aliphatic heterocycles. The first-order chi connectivity index (χ1) is 38.0. The number of pyridine rings is 1. The number of piperazine rings is 1. The number of ether oxygens (including phenoxy) is 2. The van der Waals surface area contributed by atoms with Crippen molar-refractivity contribution in [3.63, 3.8) is 0 Å².